The van der Waals surface area contributed by atoms with Gasteiger partial charge in [-0.05, 0) is 49.4 Å². The van der Waals surface area contributed by atoms with Gasteiger partial charge in [0.05, 0.1) is 21.2 Å². The number of benzene rings is 2. The van der Waals surface area contributed by atoms with Gasteiger partial charge in [0, 0.05) is 11.6 Å². The Bertz CT molecular complexity index is 1220. The molecule has 1 aliphatic rings. The molecule has 1 aromatic heterocycles. The predicted molar refractivity (Wildman–Crippen MR) is 121 cm³/mol. The molecule has 0 radical (unpaired) electrons. The van der Waals surface area contributed by atoms with Gasteiger partial charge in [-0.3, -0.25) is 9.69 Å². The summed E-state index contributed by atoms with van der Waals surface area (Å²) in [6.07, 6.45) is -2.93. The van der Waals surface area contributed by atoms with Crippen LogP contribution in [0.4, 0.5) is 18.9 Å². The molecule has 1 amide bonds. The van der Waals surface area contributed by atoms with E-state index in [9.17, 15) is 18.0 Å². The number of anilines is 1. The van der Waals surface area contributed by atoms with Crippen molar-refractivity contribution in [2.75, 3.05) is 4.90 Å². The van der Waals surface area contributed by atoms with Gasteiger partial charge >= 0.3 is 6.18 Å². The fourth-order valence-electron chi connectivity index (χ4n) is 2.98. The number of nitrogens with zero attached hydrogens (tertiary/aromatic N) is 1. The molecule has 31 heavy (non-hydrogen) atoms. The largest absolute Gasteiger partial charge is 0.457 e. The molecule has 9 heteroatoms. The van der Waals surface area contributed by atoms with Crippen LogP contribution in [-0.4, -0.2) is 10.2 Å². The number of hydrogen-bond donors (Lipinski definition) is 0. The zero-order valence-corrected chi connectivity index (χ0v) is 18.3. The van der Waals surface area contributed by atoms with Gasteiger partial charge < -0.3 is 4.42 Å². The van der Waals surface area contributed by atoms with E-state index in [0.29, 0.717) is 32.0 Å². The highest BCUT2D eigenvalue weighted by Gasteiger charge is 2.34. The predicted octanol–water partition coefficient (Wildman–Crippen LogP) is 7.33. The lowest BCUT2D eigenvalue weighted by Crippen LogP contribution is -2.27. The normalized spacial score (nSPS) is 15.9. The second-order valence-corrected chi connectivity index (χ2v) is 8.83. The Hall–Kier alpha value is -2.55. The fraction of sp³-hybridized carbons (Fsp3) is 0.0909. The second-order valence-electron chi connectivity index (χ2n) is 6.75. The first-order valence-corrected chi connectivity index (χ1v) is 10.6. The number of carbonyl (C=O) groups excluding carboxylic acids is 1. The number of rotatable bonds is 3. The Balaban J connectivity index is 1.59. The van der Waals surface area contributed by atoms with E-state index in [1.54, 1.807) is 18.2 Å². The zero-order chi connectivity index (χ0) is 22.3. The Morgan fingerprint density at radius 3 is 2.45 bits per heavy atom. The van der Waals surface area contributed by atoms with Crippen LogP contribution in [0.25, 0.3) is 17.4 Å². The molecule has 0 N–H and O–H groups in total. The van der Waals surface area contributed by atoms with E-state index in [4.69, 9.17) is 28.2 Å². The molecular weight excluding hydrogens is 467 g/mol. The van der Waals surface area contributed by atoms with Crippen molar-refractivity contribution < 1.29 is 22.4 Å². The van der Waals surface area contributed by atoms with Crippen molar-refractivity contribution in [1.82, 2.24) is 0 Å². The van der Waals surface area contributed by atoms with Crippen LogP contribution < -0.4 is 4.90 Å². The van der Waals surface area contributed by atoms with Crippen molar-refractivity contribution in [1.29, 1.82) is 0 Å². The smallest absolute Gasteiger partial charge is 0.416 e. The zero-order valence-electron chi connectivity index (χ0n) is 15.9. The van der Waals surface area contributed by atoms with E-state index in [1.807, 2.05) is 31.2 Å². The van der Waals surface area contributed by atoms with Crippen molar-refractivity contribution in [2.45, 2.75) is 13.1 Å². The highest BCUT2D eigenvalue weighted by atomic mass is 35.5. The Morgan fingerprint density at radius 2 is 1.81 bits per heavy atom. The van der Waals surface area contributed by atoms with Crippen LogP contribution in [-0.2, 0) is 11.0 Å². The van der Waals surface area contributed by atoms with Crippen molar-refractivity contribution in [3.8, 4) is 11.3 Å². The SMILES string of the molecule is Cc1ccc(N2C(=O)/C(=C\c3ccc(-c4ccc(C(F)(F)F)cc4Cl)o3)SC2=S)cc1. The molecule has 0 unspecified atom stereocenters. The molecule has 3 aromatic rings. The van der Waals surface area contributed by atoms with Crippen molar-refractivity contribution in [3.63, 3.8) is 0 Å². The maximum absolute atomic E-state index is 12.8. The summed E-state index contributed by atoms with van der Waals surface area (Å²) in [4.78, 5) is 14.7. The lowest BCUT2D eigenvalue weighted by molar-refractivity contribution is -0.137. The molecule has 1 aliphatic heterocycles. The summed E-state index contributed by atoms with van der Waals surface area (Å²) < 4.78 is 44.6. The minimum absolute atomic E-state index is 0.0820. The first-order chi connectivity index (χ1) is 14.6. The van der Waals surface area contributed by atoms with Gasteiger partial charge in [-0.15, -0.1) is 0 Å². The first-order valence-electron chi connectivity index (χ1n) is 8.95. The van der Waals surface area contributed by atoms with E-state index < -0.39 is 11.7 Å². The van der Waals surface area contributed by atoms with Crippen LogP contribution in [0, 0.1) is 6.92 Å². The van der Waals surface area contributed by atoms with Crippen molar-refractivity contribution in [2.24, 2.45) is 0 Å². The molecule has 2 heterocycles. The number of carbonyl (C=O) groups is 1. The molecule has 3 nitrogen and oxygen atoms in total. The summed E-state index contributed by atoms with van der Waals surface area (Å²) in [5.41, 5.74) is 1.22. The molecular formula is C22H13ClF3NO2S2. The van der Waals surface area contributed by atoms with Gasteiger partial charge in [0.2, 0.25) is 0 Å². The van der Waals surface area contributed by atoms with E-state index in [0.717, 1.165) is 29.5 Å². The van der Waals surface area contributed by atoms with Gasteiger partial charge in [-0.25, -0.2) is 0 Å². The molecule has 0 saturated carbocycles. The standard InChI is InChI=1S/C22H13ClF3NO2S2/c1-12-2-5-14(6-3-12)27-20(28)19(31-21(27)30)11-15-7-9-18(29-15)16-8-4-13(10-17(16)23)22(24,25)26/h2-11H,1H3/b19-11+. The Kier molecular flexibility index (Phi) is 5.72. The molecule has 1 saturated heterocycles. The molecule has 0 atom stereocenters. The van der Waals surface area contributed by atoms with Gasteiger partial charge in [-0.2, -0.15) is 13.2 Å². The third-order valence-corrected chi connectivity index (χ3v) is 6.16. The molecule has 2 aromatic carbocycles. The molecule has 0 spiro atoms. The Morgan fingerprint density at radius 1 is 1.10 bits per heavy atom. The maximum atomic E-state index is 12.8. The second kappa shape index (κ2) is 8.18. The number of thiocarbonyl (C=S) groups is 1. The third kappa shape index (κ3) is 4.42. The number of thioether (sulfide) groups is 1. The van der Waals surface area contributed by atoms with E-state index in [2.05, 4.69) is 0 Å². The topological polar surface area (TPSA) is 33.5 Å². The van der Waals surface area contributed by atoms with Crippen molar-refractivity contribution in [3.05, 3.63) is 81.4 Å². The molecule has 4 rings (SSSR count). The van der Waals surface area contributed by atoms with Crippen LogP contribution in [0.3, 0.4) is 0 Å². The van der Waals surface area contributed by atoms with E-state index in [-0.39, 0.29) is 10.9 Å². The molecule has 0 aliphatic carbocycles. The summed E-state index contributed by atoms with van der Waals surface area (Å²) in [5.74, 6) is 0.374. The van der Waals surface area contributed by atoms with Gasteiger partial charge in [0.1, 0.15) is 11.5 Å². The minimum atomic E-state index is -4.48. The molecule has 158 valence electrons. The fourth-order valence-corrected chi connectivity index (χ4v) is 4.53. The minimum Gasteiger partial charge on any atom is -0.457 e. The Labute approximate surface area is 190 Å². The van der Waals surface area contributed by atoms with Crippen LogP contribution >= 0.6 is 35.6 Å². The first kappa shape index (κ1) is 21.7. The van der Waals surface area contributed by atoms with Gasteiger partial charge in [0.25, 0.3) is 5.91 Å². The number of alkyl halides is 3. The number of furan rings is 1. The van der Waals surface area contributed by atoms with E-state index in [1.165, 1.54) is 11.0 Å². The van der Waals surface area contributed by atoms with Gasteiger partial charge in [-0.1, -0.05) is 53.3 Å². The summed E-state index contributed by atoms with van der Waals surface area (Å²) in [6, 6.07) is 13.7. The lowest BCUT2D eigenvalue weighted by atomic mass is 10.1. The summed E-state index contributed by atoms with van der Waals surface area (Å²) >= 11 is 12.5. The average Bonchev–Trinajstić information content (AvgIpc) is 3.27. The van der Waals surface area contributed by atoms with Crippen LogP contribution in [0.5, 0.6) is 0 Å². The number of hydrogen-bond acceptors (Lipinski definition) is 4. The monoisotopic (exact) mass is 479 g/mol. The summed E-state index contributed by atoms with van der Waals surface area (Å²) in [7, 11) is 0. The van der Waals surface area contributed by atoms with Crippen LogP contribution in [0.2, 0.25) is 5.02 Å². The maximum Gasteiger partial charge on any atom is 0.416 e. The lowest BCUT2D eigenvalue weighted by Gasteiger charge is -2.14. The molecule has 1 fully saturated rings. The number of amides is 1. The average molecular weight is 480 g/mol. The van der Waals surface area contributed by atoms with E-state index >= 15 is 0 Å². The van der Waals surface area contributed by atoms with Crippen molar-refractivity contribution >= 4 is 57.6 Å². The molecule has 0 bridgehead atoms. The third-order valence-electron chi connectivity index (χ3n) is 4.55. The van der Waals surface area contributed by atoms with Crippen LogP contribution in [0.1, 0.15) is 16.9 Å². The summed E-state index contributed by atoms with van der Waals surface area (Å²) in [5, 5.41) is -0.0820. The van der Waals surface area contributed by atoms with Gasteiger partial charge in [0.15, 0.2) is 4.32 Å². The quantitative estimate of drug-likeness (QED) is 0.291. The number of aryl methyl sites for hydroxylation is 1. The van der Waals surface area contributed by atoms with Crippen LogP contribution in [0.15, 0.2) is 63.9 Å². The highest BCUT2D eigenvalue weighted by Crippen LogP contribution is 2.38. The highest BCUT2D eigenvalue weighted by molar-refractivity contribution is 8.27. The number of halogens is 4. The summed E-state index contributed by atoms with van der Waals surface area (Å²) in [6.45, 7) is 1.95.